The highest BCUT2D eigenvalue weighted by Crippen LogP contribution is 2.28. The molecule has 0 aliphatic carbocycles. The van der Waals surface area contributed by atoms with E-state index in [-0.39, 0.29) is 6.61 Å². The summed E-state index contributed by atoms with van der Waals surface area (Å²) in [6.45, 7) is 1.97. The van der Waals surface area contributed by atoms with Gasteiger partial charge in [-0.05, 0) is 19.1 Å². The molecule has 1 aromatic carbocycles. The van der Waals surface area contributed by atoms with Crippen molar-refractivity contribution in [1.29, 1.82) is 0 Å². The van der Waals surface area contributed by atoms with E-state index in [9.17, 15) is 5.11 Å². The van der Waals surface area contributed by atoms with E-state index in [1.165, 1.54) is 4.70 Å². The molecule has 0 saturated carbocycles. The third kappa shape index (κ3) is 1.12. The second kappa shape index (κ2) is 3.05. The highest BCUT2D eigenvalue weighted by atomic mass is 32.1. The molecule has 2 heterocycles. The summed E-state index contributed by atoms with van der Waals surface area (Å²) >= 11 is 1.65. The van der Waals surface area contributed by atoms with Crippen LogP contribution in [0.25, 0.3) is 15.2 Å². The highest BCUT2D eigenvalue weighted by Gasteiger charge is 2.12. The van der Waals surface area contributed by atoms with Gasteiger partial charge >= 0.3 is 0 Å². The molecule has 0 atom stereocenters. The molecule has 3 aromatic rings. The lowest BCUT2D eigenvalue weighted by Gasteiger charge is -1.96. The third-order valence-electron chi connectivity index (χ3n) is 2.60. The molecule has 2 aromatic heterocycles. The van der Waals surface area contributed by atoms with Gasteiger partial charge in [0.05, 0.1) is 28.2 Å². The average molecular weight is 218 g/mol. The van der Waals surface area contributed by atoms with Crippen LogP contribution in [0.1, 0.15) is 11.4 Å². The molecule has 0 unspecified atom stereocenters. The molecular weight excluding hydrogens is 208 g/mol. The first-order valence-corrected chi connectivity index (χ1v) is 5.59. The molecule has 76 valence electrons. The van der Waals surface area contributed by atoms with E-state index in [0.29, 0.717) is 0 Å². The van der Waals surface area contributed by atoms with Gasteiger partial charge in [-0.1, -0.05) is 23.5 Å². The Balaban J connectivity index is 2.55. The molecule has 0 spiro atoms. The largest absolute Gasteiger partial charge is 0.390 e. The Morgan fingerprint density at radius 3 is 3.00 bits per heavy atom. The number of hydrogen-bond acceptors (Lipinski definition) is 3. The van der Waals surface area contributed by atoms with Crippen LogP contribution in [0.15, 0.2) is 24.3 Å². The molecule has 0 saturated heterocycles. The molecule has 0 amide bonds. The van der Waals surface area contributed by atoms with Crippen LogP contribution in [-0.2, 0) is 6.61 Å². The van der Waals surface area contributed by atoms with Gasteiger partial charge in [0.1, 0.15) is 0 Å². The fraction of sp³-hybridized carbons (Fsp3) is 0.182. The zero-order valence-electron chi connectivity index (χ0n) is 8.27. The van der Waals surface area contributed by atoms with Gasteiger partial charge in [-0.2, -0.15) is 0 Å². The quantitative estimate of drug-likeness (QED) is 0.680. The molecule has 0 aliphatic heterocycles. The van der Waals surface area contributed by atoms with E-state index in [4.69, 9.17) is 0 Å². The lowest BCUT2D eigenvalue weighted by Crippen LogP contribution is -1.92. The minimum Gasteiger partial charge on any atom is -0.390 e. The molecule has 1 N–H and O–H groups in total. The monoisotopic (exact) mass is 218 g/mol. The smallest absolute Gasteiger partial charge is 0.195 e. The first-order valence-electron chi connectivity index (χ1n) is 4.77. The maximum absolute atomic E-state index is 9.33. The van der Waals surface area contributed by atoms with Gasteiger partial charge in [-0.3, -0.25) is 4.40 Å². The standard InChI is InChI=1S/C11H10N2OS/c1-7-9(6-14)13-8-4-2-3-5-10(8)15-11(13)12-7/h2-5,14H,6H2,1H3. The predicted molar refractivity (Wildman–Crippen MR) is 61.2 cm³/mol. The number of aryl methyl sites for hydroxylation is 1. The third-order valence-corrected chi connectivity index (χ3v) is 3.62. The van der Waals surface area contributed by atoms with Crippen molar-refractivity contribution in [1.82, 2.24) is 9.38 Å². The van der Waals surface area contributed by atoms with Crippen LogP contribution >= 0.6 is 11.3 Å². The van der Waals surface area contributed by atoms with E-state index >= 15 is 0 Å². The molecule has 0 radical (unpaired) electrons. The zero-order valence-corrected chi connectivity index (χ0v) is 9.08. The van der Waals surface area contributed by atoms with E-state index in [2.05, 4.69) is 17.1 Å². The molecule has 4 heteroatoms. The van der Waals surface area contributed by atoms with Crippen molar-refractivity contribution >= 4 is 26.5 Å². The zero-order chi connectivity index (χ0) is 10.4. The summed E-state index contributed by atoms with van der Waals surface area (Å²) in [5, 5.41) is 9.33. The molecule has 15 heavy (non-hydrogen) atoms. The van der Waals surface area contributed by atoms with Gasteiger partial charge in [-0.15, -0.1) is 0 Å². The number of nitrogens with zero attached hydrogens (tertiary/aromatic N) is 2. The fourth-order valence-corrected chi connectivity index (χ4v) is 2.95. The van der Waals surface area contributed by atoms with E-state index in [0.717, 1.165) is 21.9 Å². The molecule has 0 bridgehead atoms. The molecule has 3 rings (SSSR count). The second-order valence-electron chi connectivity index (χ2n) is 3.49. The van der Waals surface area contributed by atoms with E-state index in [1.54, 1.807) is 11.3 Å². The van der Waals surface area contributed by atoms with Crippen LogP contribution in [0, 0.1) is 6.92 Å². The number of thiazole rings is 1. The van der Waals surface area contributed by atoms with Crippen molar-refractivity contribution in [3.63, 3.8) is 0 Å². The fourth-order valence-electron chi connectivity index (χ4n) is 1.86. The minimum absolute atomic E-state index is 0.0354. The van der Waals surface area contributed by atoms with Gasteiger partial charge in [0.15, 0.2) is 4.96 Å². The van der Waals surface area contributed by atoms with Crippen LogP contribution in [0.5, 0.6) is 0 Å². The number of aromatic nitrogens is 2. The number of imidazole rings is 1. The first-order chi connectivity index (χ1) is 7.31. The Kier molecular flexibility index (Phi) is 1.81. The molecular formula is C11H10N2OS. The number of fused-ring (bicyclic) bond motifs is 3. The number of rotatable bonds is 1. The number of para-hydroxylation sites is 1. The predicted octanol–water partition coefficient (Wildman–Crippen LogP) is 2.35. The van der Waals surface area contributed by atoms with Gasteiger partial charge in [0.25, 0.3) is 0 Å². The van der Waals surface area contributed by atoms with Crippen LogP contribution in [-0.4, -0.2) is 14.5 Å². The second-order valence-corrected chi connectivity index (χ2v) is 4.50. The Morgan fingerprint density at radius 1 is 1.40 bits per heavy atom. The number of hydrogen-bond donors (Lipinski definition) is 1. The number of aliphatic hydroxyl groups is 1. The van der Waals surface area contributed by atoms with Crippen LogP contribution < -0.4 is 0 Å². The summed E-state index contributed by atoms with van der Waals surface area (Å²) in [6, 6.07) is 8.15. The van der Waals surface area contributed by atoms with E-state index in [1.807, 2.05) is 23.5 Å². The first kappa shape index (κ1) is 8.88. The molecule has 0 fully saturated rings. The van der Waals surface area contributed by atoms with Crippen LogP contribution in [0.3, 0.4) is 0 Å². The SMILES string of the molecule is Cc1nc2sc3ccccc3n2c1CO. The molecule has 3 nitrogen and oxygen atoms in total. The van der Waals surface area contributed by atoms with Gasteiger partial charge in [0.2, 0.25) is 0 Å². The highest BCUT2D eigenvalue weighted by molar-refractivity contribution is 7.23. The van der Waals surface area contributed by atoms with Crippen molar-refractivity contribution in [2.45, 2.75) is 13.5 Å². The lowest BCUT2D eigenvalue weighted by atomic mass is 10.3. The Morgan fingerprint density at radius 2 is 2.20 bits per heavy atom. The summed E-state index contributed by atoms with van der Waals surface area (Å²) in [7, 11) is 0. The van der Waals surface area contributed by atoms with Gasteiger partial charge < -0.3 is 5.11 Å². The summed E-state index contributed by atoms with van der Waals surface area (Å²) in [5.74, 6) is 0. The lowest BCUT2D eigenvalue weighted by molar-refractivity contribution is 0.275. The topological polar surface area (TPSA) is 37.5 Å². The van der Waals surface area contributed by atoms with Crippen molar-refractivity contribution in [3.05, 3.63) is 35.7 Å². The van der Waals surface area contributed by atoms with Crippen molar-refractivity contribution < 1.29 is 5.11 Å². The average Bonchev–Trinajstić information content (AvgIpc) is 2.72. The normalized spacial score (nSPS) is 11.6. The van der Waals surface area contributed by atoms with Crippen molar-refractivity contribution in [2.24, 2.45) is 0 Å². The Hall–Kier alpha value is -1.39. The van der Waals surface area contributed by atoms with Crippen molar-refractivity contribution in [3.8, 4) is 0 Å². The number of aliphatic hydroxyl groups excluding tert-OH is 1. The summed E-state index contributed by atoms with van der Waals surface area (Å²) in [5.41, 5.74) is 2.93. The summed E-state index contributed by atoms with van der Waals surface area (Å²) < 4.78 is 3.24. The molecule has 0 aliphatic rings. The Labute approximate surface area is 90.6 Å². The maximum atomic E-state index is 9.33. The van der Waals surface area contributed by atoms with Gasteiger partial charge in [0, 0.05) is 0 Å². The van der Waals surface area contributed by atoms with Crippen molar-refractivity contribution in [2.75, 3.05) is 0 Å². The van der Waals surface area contributed by atoms with E-state index < -0.39 is 0 Å². The summed E-state index contributed by atoms with van der Waals surface area (Å²) in [6.07, 6.45) is 0. The van der Waals surface area contributed by atoms with Crippen LogP contribution in [0.2, 0.25) is 0 Å². The van der Waals surface area contributed by atoms with Crippen LogP contribution in [0.4, 0.5) is 0 Å². The maximum Gasteiger partial charge on any atom is 0.195 e. The Bertz CT molecular complexity index is 638. The van der Waals surface area contributed by atoms with Gasteiger partial charge in [-0.25, -0.2) is 4.98 Å². The summed E-state index contributed by atoms with van der Waals surface area (Å²) in [4.78, 5) is 5.40. The minimum atomic E-state index is 0.0354. The number of benzene rings is 1.